The van der Waals surface area contributed by atoms with Crippen LogP contribution in [-0.2, 0) is 33.3 Å². The van der Waals surface area contributed by atoms with Crippen molar-refractivity contribution in [1.29, 1.82) is 0 Å². The Kier molecular flexibility index (Phi) is 5.06. The number of aliphatic hydroxyl groups is 1. The summed E-state index contributed by atoms with van der Waals surface area (Å²) in [6.45, 7) is 11.8. The van der Waals surface area contributed by atoms with E-state index in [9.17, 15) is 19.5 Å². The molecule has 0 bridgehead atoms. The van der Waals surface area contributed by atoms with Crippen LogP contribution in [0.25, 0.3) is 0 Å². The number of hydrogen-bond donors (Lipinski definition) is 1. The van der Waals surface area contributed by atoms with E-state index < -0.39 is 69.2 Å². The lowest BCUT2D eigenvalue weighted by Crippen LogP contribution is -2.79. The molecule has 3 aliphatic carbocycles. The molecular formula is C31H38O9. The van der Waals surface area contributed by atoms with Gasteiger partial charge in [-0.25, -0.2) is 4.79 Å². The number of aliphatic hydroxyl groups excluding tert-OH is 1. The molecule has 0 aromatic carbocycles. The summed E-state index contributed by atoms with van der Waals surface area (Å²) in [4.78, 5) is 40.8. The summed E-state index contributed by atoms with van der Waals surface area (Å²) in [7, 11) is 0. The van der Waals surface area contributed by atoms with Crippen LogP contribution in [-0.4, -0.2) is 58.9 Å². The monoisotopic (exact) mass is 554 g/mol. The van der Waals surface area contributed by atoms with Crippen molar-refractivity contribution in [3.63, 3.8) is 0 Å². The van der Waals surface area contributed by atoms with Gasteiger partial charge in [0.15, 0.2) is 11.9 Å². The van der Waals surface area contributed by atoms with E-state index in [2.05, 4.69) is 6.92 Å². The van der Waals surface area contributed by atoms with Crippen molar-refractivity contribution < 1.29 is 42.9 Å². The van der Waals surface area contributed by atoms with E-state index in [1.54, 1.807) is 24.7 Å². The van der Waals surface area contributed by atoms with Crippen LogP contribution < -0.4 is 0 Å². The largest absolute Gasteiger partial charge is 0.472 e. The summed E-state index contributed by atoms with van der Waals surface area (Å²) in [5.41, 5.74) is -5.39. The van der Waals surface area contributed by atoms with Crippen LogP contribution in [0.1, 0.15) is 72.5 Å². The number of allylic oxidation sites excluding steroid dienone is 1. The maximum atomic E-state index is 13.9. The fourth-order valence-corrected chi connectivity index (χ4v) is 10.4. The highest BCUT2D eigenvalue weighted by atomic mass is 16.7. The molecular weight excluding hydrogens is 516 g/mol. The van der Waals surface area contributed by atoms with Gasteiger partial charge in [0.2, 0.25) is 0 Å². The number of carbonyl (C=O) groups excluding carboxylic acids is 3. The van der Waals surface area contributed by atoms with Crippen molar-refractivity contribution >= 4 is 17.7 Å². The zero-order valence-electron chi connectivity index (χ0n) is 23.9. The standard InChI is InChI=1S/C31H38O9/c1-16(2)13-20(33)38-23-21(34)30-19(32)8-11-29(30,15-37-26(30,3)4)18-7-10-27(5)22(17-9-12-36-14-17)39-25(35)24-31(27,40-24)28(18,23)6/h8-9,11-12,14,16,18,21-24,34H,7,10,13,15H2,1-6H3/t18-,21+,22+,23-,24-,27+,28+,29-,30+,31-/m1/s1. The van der Waals surface area contributed by atoms with Crippen molar-refractivity contribution in [1.82, 2.24) is 0 Å². The molecule has 1 aromatic heterocycles. The molecule has 9 nitrogen and oxygen atoms in total. The SMILES string of the molecule is CC(C)CC(=O)O[C@@H]1[C@H](O)[C@]23C(=O)C=C[C@@]2(COC3(C)C)[C@@H]2CC[C@@]3(C)[C@H](c4ccoc4)OC(=O)[C@H]4O[C@]43[C@]12C. The van der Waals surface area contributed by atoms with Gasteiger partial charge in [-0.2, -0.15) is 0 Å². The van der Waals surface area contributed by atoms with Crippen molar-refractivity contribution in [2.75, 3.05) is 6.61 Å². The smallest absolute Gasteiger partial charge is 0.339 e. The van der Waals surface area contributed by atoms with Crippen LogP contribution in [0, 0.1) is 33.5 Å². The third-order valence-electron chi connectivity index (χ3n) is 11.9. The van der Waals surface area contributed by atoms with Crippen LogP contribution in [0.5, 0.6) is 0 Å². The Morgan fingerprint density at radius 3 is 2.60 bits per heavy atom. The average molecular weight is 555 g/mol. The molecule has 2 saturated carbocycles. The van der Waals surface area contributed by atoms with Crippen molar-refractivity contribution in [3.8, 4) is 0 Å². The quantitative estimate of drug-likeness (QED) is 0.438. The molecule has 9 heteroatoms. The number of rotatable bonds is 4. The van der Waals surface area contributed by atoms with Crippen molar-refractivity contribution in [3.05, 3.63) is 36.3 Å². The van der Waals surface area contributed by atoms with Gasteiger partial charge in [0.25, 0.3) is 0 Å². The summed E-state index contributed by atoms with van der Waals surface area (Å²) >= 11 is 0. The van der Waals surface area contributed by atoms with Gasteiger partial charge in [0.05, 0.1) is 24.7 Å². The summed E-state index contributed by atoms with van der Waals surface area (Å²) < 4.78 is 30.6. The molecule has 0 radical (unpaired) electrons. The number of ether oxygens (including phenoxy) is 4. The summed E-state index contributed by atoms with van der Waals surface area (Å²) in [5, 5.41) is 12.5. The number of esters is 2. The maximum Gasteiger partial charge on any atom is 0.339 e. The number of fused-ring (bicyclic) bond motifs is 1. The Balaban J connectivity index is 1.46. The predicted octanol–water partition coefficient (Wildman–Crippen LogP) is 3.69. The molecule has 5 fully saturated rings. The summed E-state index contributed by atoms with van der Waals surface area (Å²) in [6, 6.07) is 1.79. The molecule has 6 aliphatic rings. The Hall–Kier alpha value is -2.49. The number of furan rings is 1. The molecule has 3 aliphatic heterocycles. The number of ketones is 1. The molecule has 1 N–H and O–H groups in total. The van der Waals surface area contributed by atoms with Gasteiger partial charge in [-0.1, -0.05) is 33.8 Å². The topological polar surface area (TPSA) is 125 Å². The van der Waals surface area contributed by atoms with Gasteiger partial charge in [0.1, 0.15) is 29.3 Å². The fourth-order valence-electron chi connectivity index (χ4n) is 10.4. The van der Waals surface area contributed by atoms with E-state index >= 15 is 0 Å². The van der Waals surface area contributed by atoms with Crippen molar-refractivity contribution in [2.24, 2.45) is 33.5 Å². The highest BCUT2D eigenvalue weighted by Crippen LogP contribution is 2.82. The molecule has 0 unspecified atom stereocenters. The normalized spacial score (nSPS) is 49.5. The highest BCUT2D eigenvalue weighted by molar-refractivity contribution is 6.01. The third-order valence-corrected chi connectivity index (χ3v) is 11.9. The molecule has 40 heavy (non-hydrogen) atoms. The Morgan fingerprint density at radius 1 is 1.18 bits per heavy atom. The lowest BCUT2D eigenvalue weighted by atomic mass is 9.34. The highest BCUT2D eigenvalue weighted by Gasteiger charge is 2.93. The first-order valence-corrected chi connectivity index (χ1v) is 14.4. The van der Waals surface area contributed by atoms with Gasteiger partial charge in [-0.05, 0) is 50.7 Å². The van der Waals surface area contributed by atoms with Crippen LogP contribution in [0.3, 0.4) is 0 Å². The van der Waals surface area contributed by atoms with Crippen LogP contribution in [0.4, 0.5) is 0 Å². The van der Waals surface area contributed by atoms with E-state index in [0.717, 1.165) is 5.56 Å². The molecule has 7 rings (SSSR count). The average Bonchev–Trinajstić information content (AvgIpc) is 3.17. The minimum absolute atomic E-state index is 0.0324. The van der Waals surface area contributed by atoms with Crippen LogP contribution in [0.15, 0.2) is 35.2 Å². The third kappa shape index (κ3) is 2.56. The molecule has 3 saturated heterocycles. The summed E-state index contributed by atoms with van der Waals surface area (Å²) in [6.07, 6.45) is 3.98. The zero-order chi connectivity index (χ0) is 28.7. The van der Waals surface area contributed by atoms with E-state index in [-0.39, 0.29) is 30.6 Å². The lowest BCUT2D eigenvalue weighted by molar-refractivity contribution is -0.288. The minimum atomic E-state index is -1.39. The van der Waals surface area contributed by atoms with E-state index in [4.69, 9.17) is 23.4 Å². The predicted molar refractivity (Wildman–Crippen MR) is 138 cm³/mol. The van der Waals surface area contributed by atoms with Gasteiger partial charge in [-0.15, -0.1) is 0 Å². The second-order valence-electron chi connectivity index (χ2n) is 14.2. The van der Waals surface area contributed by atoms with Crippen molar-refractivity contribution in [2.45, 2.75) is 96.4 Å². The number of cyclic esters (lactones) is 1. The van der Waals surface area contributed by atoms with Crippen LogP contribution in [0.2, 0.25) is 0 Å². The second kappa shape index (κ2) is 7.66. The Bertz CT molecular complexity index is 1330. The molecule has 1 aromatic rings. The molecule has 1 spiro atoms. The van der Waals surface area contributed by atoms with Gasteiger partial charge in [0, 0.05) is 28.2 Å². The molecule has 216 valence electrons. The van der Waals surface area contributed by atoms with Gasteiger partial charge >= 0.3 is 11.9 Å². The van der Waals surface area contributed by atoms with E-state index in [1.165, 1.54) is 0 Å². The minimum Gasteiger partial charge on any atom is -0.472 e. The van der Waals surface area contributed by atoms with E-state index in [1.807, 2.05) is 40.7 Å². The lowest BCUT2D eigenvalue weighted by Gasteiger charge is -2.69. The first-order chi connectivity index (χ1) is 18.7. The van der Waals surface area contributed by atoms with Crippen LogP contribution >= 0.6 is 0 Å². The first kappa shape index (κ1) is 26.4. The maximum absolute atomic E-state index is 13.9. The van der Waals surface area contributed by atoms with Gasteiger partial charge < -0.3 is 28.5 Å². The Morgan fingerprint density at radius 2 is 1.93 bits per heavy atom. The summed E-state index contributed by atoms with van der Waals surface area (Å²) in [5.74, 6) is -1.41. The van der Waals surface area contributed by atoms with Gasteiger partial charge in [-0.3, -0.25) is 9.59 Å². The number of hydrogen-bond acceptors (Lipinski definition) is 9. The second-order valence-corrected chi connectivity index (χ2v) is 14.2. The van der Waals surface area contributed by atoms with E-state index in [0.29, 0.717) is 12.8 Å². The number of epoxide rings is 1. The number of carbonyl (C=O) groups is 3. The molecule has 4 heterocycles. The molecule has 10 atom stereocenters. The molecule has 0 amide bonds. The Labute approximate surface area is 233 Å². The fraction of sp³-hybridized carbons (Fsp3) is 0.710. The zero-order valence-corrected chi connectivity index (χ0v) is 23.9. The first-order valence-electron chi connectivity index (χ1n) is 14.4.